The van der Waals surface area contributed by atoms with Crippen LogP contribution in [0.2, 0.25) is 5.02 Å². The molecule has 1 aromatic carbocycles. The van der Waals surface area contributed by atoms with Gasteiger partial charge in [-0.05, 0) is 43.7 Å². The Morgan fingerprint density at radius 2 is 1.92 bits per heavy atom. The van der Waals surface area contributed by atoms with Gasteiger partial charge in [-0.25, -0.2) is 4.68 Å². The molecule has 0 aliphatic heterocycles. The van der Waals surface area contributed by atoms with Crippen LogP contribution in [-0.4, -0.2) is 20.7 Å². The molecule has 6 heteroatoms. The van der Waals surface area contributed by atoms with Gasteiger partial charge in [0.15, 0.2) is 0 Å². The predicted molar refractivity (Wildman–Crippen MR) is 93.4 cm³/mol. The number of nitrogens with one attached hydrogen (secondary N) is 1. The molecule has 0 saturated heterocycles. The number of nitrogens with zero attached hydrogens (tertiary/aromatic N) is 3. The molecule has 3 aromatic rings. The molecule has 0 bridgehead atoms. The third kappa shape index (κ3) is 3.16. The van der Waals surface area contributed by atoms with Gasteiger partial charge in [0.2, 0.25) is 0 Å². The summed E-state index contributed by atoms with van der Waals surface area (Å²) < 4.78 is 1.67. The third-order valence-corrected chi connectivity index (χ3v) is 4.21. The number of amides is 1. The standard InChI is InChI=1S/C18H17ClN4O/c1-12(14-7-9-20-10-8-14)22-18(24)15-11-21-23(13(15)2)17-6-4-3-5-16(17)19/h3-12H,1-2H3,(H,22,24). The highest BCUT2D eigenvalue weighted by Crippen LogP contribution is 2.22. The summed E-state index contributed by atoms with van der Waals surface area (Å²) in [5.41, 5.74) is 3.01. The van der Waals surface area contributed by atoms with Crippen LogP contribution in [0.3, 0.4) is 0 Å². The lowest BCUT2D eigenvalue weighted by molar-refractivity contribution is 0.0939. The molecule has 122 valence electrons. The Morgan fingerprint density at radius 1 is 1.21 bits per heavy atom. The first-order chi connectivity index (χ1) is 11.6. The maximum atomic E-state index is 12.6. The van der Waals surface area contributed by atoms with E-state index in [-0.39, 0.29) is 11.9 Å². The third-order valence-electron chi connectivity index (χ3n) is 3.89. The molecule has 1 atom stereocenters. The fraction of sp³-hybridized carbons (Fsp3) is 0.167. The number of pyridine rings is 1. The highest BCUT2D eigenvalue weighted by molar-refractivity contribution is 6.32. The van der Waals surface area contributed by atoms with Crippen LogP contribution in [0, 0.1) is 6.92 Å². The van der Waals surface area contributed by atoms with Crippen molar-refractivity contribution in [2.45, 2.75) is 19.9 Å². The van der Waals surface area contributed by atoms with Crippen molar-refractivity contribution in [3.05, 3.63) is 76.8 Å². The second kappa shape index (κ2) is 6.84. The minimum Gasteiger partial charge on any atom is -0.345 e. The first-order valence-corrected chi connectivity index (χ1v) is 7.96. The number of benzene rings is 1. The summed E-state index contributed by atoms with van der Waals surface area (Å²) in [6.45, 7) is 3.78. The van der Waals surface area contributed by atoms with Crippen molar-refractivity contribution in [2.75, 3.05) is 0 Å². The smallest absolute Gasteiger partial charge is 0.255 e. The van der Waals surface area contributed by atoms with Crippen LogP contribution >= 0.6 is 11.6 Å². The summed E-state index contributed by atoms with van der Waals surface area (Å²) in [6.07, 6.45) is 4.98. The number of hydrogen-bond donors (Lipinski definition) is 1. The van der Waals surface area contributed by atoms with Gasteiger partial charge in [-0.3, -0.25) is 9.78 Å². The zero-order valence-corrected chi connectivity index (χ0v) is 14.2. The first kappa shape index (κ1) is 16.2. The van der Waals surface area contributed by atoms with E-state index in [2.05, 4.69) is 15.4 Å². The van der Waals surface area contributed by atoms with Crippen LogP contribution in [0.15, 0.2) is 55.0 Å². The lowest BCUT2D eigenvalue weighted by Gasteiger charge is -2.14. The fourth-order valence-corrected chi connectivity index (χ4v) is 2.72. The molecule has 1 unspecified atom stereocenters. The van der Waals surface area contributed by atoms with Crippen molar-refractivity contribution in [1.82, 2.24) is 20.1 Å². The van der Waals surface area contributed by atoms with Crippen molar-refractivity contribution in [2.24, 2.45) is 0 Å². The van der Waals surface area contributed by atoms with Gasteiger partial charge in [-0.15, -0.1) is 0 Å². The molecule has 2 aromatic heterocycles. The van der Waals surface area contributed by atoms with Crippen molar-refractivity contribution < 1.29 is 4.79 Å². The van der Waals surface area contributed by atoms with E-state index in [0.717, 1.165) is 16.9 Å². The van der Waals surface area contributed by atoms with E-state index in [1.807, 2.05) is 44.2 Å². The molecule has 1 amide bonds. The van der Waals surface area contributed by atoms with E-state index in [9.17, 15) is 4.79 Å². The second-order valence-corrected chi connectivity index (χ2v) is 5.89. The molecule has 0 spiro atoms. The quantitative estimate of drug-likeness (QED) is 0.787. The molecule has 0 radical (unpaired) electrons. The Hall–Kier alpha value is -2.66. The van der Waals surface area contributed by atoms with Gasteiger partial charge < -0.3 is 5.32 Å². The molecule has 5 nitrogen and oxygen atoms in total. The number of aromatic nitrogens is 3. The normalized spacial score (nSPS) is 12.0. The molecule has 0 saturated carbocycles. The van der Waals surface area contributed by atoms with E-state index < -0.39 is 0 Å². The summed E-state index contributed by atoms with van der Waals surface area (Å²) in [5.74, 6) is -0.171. The van der Waals surface area contributed by atoms with Gasteiger partial charge >= 0.3 is 0 Å². The summed E-state index contributed by atoms with van der Waals surface area (Å²) >= 11 is 6.22. The van der Waals surface area contributed by atoms with Crippen LogP contribution in [0.5, 0.6) is 0 Å². The van der Waals surface area contributed by atoms with Gasteiger partial charge in [0.1, 0.15) is 0 Å². The van der Waals surface area contributed by atoms with Crippen molar-refractivity contribution in [3.63, 3.8) is 0 Å². The Bertz CT molecular complexity index is 860. The lowest BCUT2D eigenvalue weighted by atomic mass is 10.1. The van der Waals surface area contributed by atoms with Crippen LogP contribution < -0.4 is 5.32 Å². The van der Waals surface area contributed by atoms with Crippen molar-refractivity contribution in [1.29, 1.82) is 0 Å². The molecule has 0 fully saturated rings. The van der Waals surface area contributed by atoms with Crippen molar-refractivity contribution in [3.8, 4) is 5.69 Å². The molecule has 24 heavy (non-hydrogen) atoms. The zero-order valence-electron chi connectivity index (χ0n) is 13.4. The van der Waals surface area contributed by atoms with E-state index in [1.165, 1.54) is 0 Å². The van der Waals surface area contributed by atoms with Gasteiger partial charge in [0.25, 0.3) is 5.91 Å². The Labute approximate surface area is 145 Å². The minimum absolute atomic E-state index is 0.122. The molecule has 2 heterocycles. The number of para-hydroxylation sites is 1. The fourth-order valence-electron chi connectivity index (χ4n) is 2.51. The molecular formula is C18H17ClN4O. The van der Waals surface area contributed by atoms with E-state index >= 15 is 0 Å². The molecule has 1 N–H and O–H groups in total. The predicted octanol–water partition coefficient (Wildman–Crippen LogP) is 3.72. The highest BCUT2D eigenvalue weighted by Gasteiger charge is 2.18. The minimum atomic E-state index is -0.171. The van der Waals surface area contributed by atoms with Crippen LogP contribution in [0.4, 0.5) is 0 Å². The van der Waals surface area contributed by atoms with Crippen LogP contribution in [-0.2, 0) is 0 Å². The Morgan fingerprint density at radius 3 is 2.62 bits per heavy atom. The maximum Gasteiger partial charge on any atom is 0.255 e. The van der Waals surface area contributed by atoms with Gasteiger partial charge in [0, 0.05) is 12.4 Å². The average molecular weight is 341 g/mol. The van der Waals surface area contributed by atoms with Crippen LogP contribution in [0.25, 0.3) is 5.69 Å². The molecule has 3 rings (SSSR count). The second-order valence-electron chi connectivity index (χ2n) is 5.48. The zero-order chi connectivity index (χ0) is 17.1. The topological polar surface area (TPSA) is 59.8 Å². The molecular weight excluding hydrogens is 324 g/mol. The molecule has 0 aliphatic rings. The number of hydrogen-bond acceptors (Lipinski definition) is 3. The van der Waals surface area contributed by atoms with Gasteiger partial charge in [-0.1, -0.05) is 23.7 Å². The van der Waals surface area contributed by atoms with Gasteiger partial charge in [-0.2, -0.15) is 5.10 Å². The lowest BCUT2D eigenvalue weighted by Crippen LogP contribution is -2.27. The average Bonchev–Trinajstić information content (AvgIpc) is 2.97. The Balaban J connectivity index is 1.83. The maximum absolute atomic E-state index is 12.6. The number of carbonyl (C=O) groups excluding carboxylic acids is 1. The van der Waals surface area contributed by atoms with Crippen LogP contribution in [0.1, 0.15) is 34.6 Å². The summed E-state index contributed by atoms with van der Waals surface area (Å²) in [6, 6.07) is 11.0. The summed E-state index contributed by atoms with van der Waals surface area (Å²) in [5, 5.41) is 7.87. The number of carbonyl (C=O) groups is 1. The first-order valence-electron chi connectivity index (χ1n) is 7.58. The van der Waals surface area contributed by atoms with E-state index in [4.69, 9.17) is 11.6 Å². The number of halogens is 1. The van der Waals surface area contributed by atoms with E-state index in [1.54, 1.807) is 29.3 Å². The summed E-state index contributed by atoms with van der Waals surface area (Å²) in [4.78, 5) is 16.6. The Kier molecular flexibility index (Phi) is 4.62. The van der Waals surface area contributed by atoms with Gasteiger partial charge in [0.05, 0.1) is 34.2 Å². The highest BCUT2D eigenvalue weighted by atomic mass is 35.5. The van der Waals surface area contributed by atoms with E-state index in [0.29, 0.717) is 10.6 Å². The SMILES string of the molecule is Cc1c(C(=O)NC(C)c2ccncc2)cnn1-c1ccccc1Cl. The van der Waals surface area contributed by atoms with Crippen molar-refractivity contribution >= 4 is 17.5 Å². The monoisotopic (exact) mass is 340 g/mol. The number of rotatable bonds is 4. The molecule has 0 aliphatic carbocycles. The largest absolute Gasteiger partial charge is 0.345 e. The summed E-state index contributed by atoms with van der Waals surface area (Å²) in [7, 11) is 0.